The number of hydrogen-bond acceptors (Lipinski definition) is 5. The number of rotatable bonds is 5. The molecule has 1 N–H and O–H groups in total. The topological polar surface area (TPSA) is 98.1 Å². The lowest BCUT2D eigenvalue weighted by molar-refractivity contribution is -0.116. The fourth-order valence-electron chi connectivity index (χ4n) is 3.67. The van der Waals surface area contributed by atoms with E-state index in [9.17, 15) is 18.0 Å². The zero-order valence-electron chi connectivity index (χ0n) is 18.5. The minimum absolute atomic E-state index is 0.00722. The van der Waals surface area contributed by atoms with Gasteiger partial charge in [0.2, 0.25) is 21.2 Å². The van der Waals surface area contributed by atoms with Crippen LogP contribution in [0.25, 0.3) is 11.0 Å². The number of anilines is 1. The lowest BCUT2D eigenvalue weighted by Gasteiger charge is -2.14. The van der Waals surface area contributed by atoms with E-state index in [2.05, 4.69) is 10.3 Å². The molecule has 168 valence electrons. The van der Waals surface area contributed by atoms with E-state index in [0.29, 0.717) is 11.4 Å². The molecule has 0 aliphatic carbocycles. The molecular weight excluding hydrogens is 438 g/mol. The van der Waals surface area contributed by atoms with Gasteiger partial charge in [0.1, 0.15) is 17.1 Å². The van der Waals surface area contributed by atoms with Gasteiger partial charge in [0, 0.05) is 17.6 Å². The van der Waals surface area contributed by atoms with Crippen molar-refractivity contribution >= 4 is 32.5 Å². The smallest absolute Gasteiger partial charge is 0.244 e. The number of carbonyl (C=O) groups is 1. The molecule has 0 bridgehead atoms. The van der Waals surface area contributed by atoms with Crippen molar-refractivity contribution in [3.63, 3.8) is 0 Å². The summed E-state index contributed by atoms with van der Waals surface area (Å²) in [5.41, 5.74) is 2.90. The standard InChI is InChI=1S/C25H23N3O4S/c1-16-9-12-21(17(2)13-16)27-23(29)15-28-14-22(33(31,32)19-7-5-4-6-8-19)24(30)20-11-10-18(3)26-25(20)28/h4-14H,15H2,1-3H3,(H,27,29). The third kappa shape index (κ3) is 4.42. The van der Waals surface area contributed by atoms with Gasteiger partial charge in [-0.15, -0.1) is 0 Å². The van der Waals surface area contributed by atoms with Crippen LogP contribution in [0.15, 0.2) is 81.4 Å². The molecule has 0 aliphatic heterocycles. The van der Waals surface area contributed by atoms with E-state index in [1.54, 1.807) is 37.3 Å². The second-order valence-corrected chi connectivity index (χ2v) is 9.88. The van der Waals surface area contributed by atoms with Gasteiger partial charge in [0.25, 0.3) is 0 Å². The van der Waals surface area contributed by atoms with Crippen LogP contribution in [0.2, 0.25) is 0 Å². The summed E-state index contributed by atoms with van der Waals surface area (Å²) in [5.74, 6) is -0.363. The Morgan fingerprint density at radius 2 is 1.73 bits per heavy atom. The minimum atomic E-state index is -4.09. The predicted octanol–water partition coefficient (Wildman–Crippen LogP) is 3.79. The van der Waals surface area contributed by atoms with E-state index in [4.69, 9.17) is 0 Å². The molecule has 4 rings (SSSR count). The van der Waals surface area contributed by atoms with Gasteiger partial charge in [-0.3, -0.25) is 9.59 Å². The first-order chi connectivity index (χ1) is 15.7. The number of carbonyl (C=O) groups excluding carboxylic acids is 1. The Bertz CT molecular complexity index is 1540. The maximum atomic E-state index is 13.2. The second kappa shape index (κ2) is 8.63. The van der Waals surface area contributed by atoms with Crippen LogP contribution >= 0.6 is 0 Å². The summed E-state index contributed by atoms with van der Waals surface area (Å²) in [5, 5.41) is 2.99. The first kappa shape index (κ1) is 22.4. The fraction of sp³-hybridized carbons (Fsp3) is 0.160. The van der Waals surface area contributed by atoms with Crippen molar-refractivity contribution in [3.05, 3.63) is 93.9 Å². The lowest BCUT2D eigenvalue weighted by atomic mass is 10.1. The highest BCUT2D eigenvalue weighted by Gasteiger charge is 2.24. The van der Waals surface area contributed by atoms with Gasteiger partial charge in [-0.05, 0) is 56.7 Å². The van der Waals surface area contributed by atoms with Gasteiger partial charge in [-0.25, -0.2) is 13.4 Å². The summed E-state index contributed by atoms with van der Waals surface area (Å²) in [6.07, 6.45) is 1.21. The van der Waals surface area contributed by atoms with Crippen molar-refractivity contribution in [2.24, 2.45) is 0 Å². The number of aromatic nitrogens is 2. The maximum absolute atomic E-state index is 13.2. The Balaban J connectivity index is 1.82. The van der Waals surface area contributed by atoms with E-state index >= 15 is 0 Å². The van der Waals surface area contributed by atoms with Crippen LogP contribution in [0.1, 0.15) is 16.8 Å². The van der Waals surface area contributed by atoms with Crippen LogP contribution in [-0.2, 0) is 21.2 Å². The van der Waals surface area contributed by atoms with Gasteiger partial charge >= 0.3 is 0 Å². The summed E-state index contributed by atoms with van der Waals surface area (Å²) < 4.78 is 27.9. The Morgan fingerprint density at radius 3 is 2.42 bits per heavy atom. The lowest BCUT2D eigenvalue weighted by Crippen LogP contribution is -2.24. The third-order valence-electron chi connectivity index (χ3n) is 5.34. The summed E-state index contributed by atoms with van der Waals surface area (Å²) in [7, 11) is -4.09. The molecule has 0 saturated carbocycles. The largest absolute Gasteiger partial charge is 0.324 e. The Hall–Kier alpha value is -3.78. The molecular formula is C25H23N3O4S. The quantitative estimate of drug-likeness (QED) is 0.488. The molecule has 0 spiro atoms. The van der Waals surface area contributed by atoms with Crippen LogP contribution in [0.3, 0.4) is 0 Å². The molecule has 0 aliphatic rings. The normalized spacial score (nSPS) is 11.5. The number of hydrogen-bond donors (Lipinski definition) is 1. The maximum Gasteiger partial charge on any atom is 0.244 e. The Morgan fingerprint density at radius 1 is 1.00 bits per heavy atom. The van der Waals surface area contributed by atoms with E-state index in [0.717, 1.165) is 11.1 Å². The number of benzene rings is 2. The van der Waals surface area contributed by atoms with Crippen LogP contribution in [0.4, 0.5) is 5.69 Å². The van der Waals surface area contributed by atoms with Gasteiger partial charge in [0.15, 0.2) is 0 Å². The van der Waals surface area contributed by atoms with Crippen LogP contribution in [0.5, 0.6) is 0 Å². The molecule has 2 aromatic heterocycles. The van der Waals surface area contributed by atoms with Crippen molar-refractivity contribution in [1.29, 1.82) is 0 Å². The molecule has 8 heteroatoms. The third-order valence-corrected chi connectivity index (χ3v) is 7.10. The number of pyridine rings is 2. The molecule has 33 heavy (non-hydrogen) atoms. The molecule has 0 saturated heterocycles. The molecule has 0 atom stereocenters. The Kier molecular flexibility index (Phi) is 5.86. The predicted molar refractivity (Wildman–Crippen MR) is 127 cm³/mol. The van der Waals surface area contributed by atoms with Gasteiger partial charge in [0.05, 0.1) is 10.3 Å². The van der Waals surface area contributed by atoms with Crippen molar-refractivity contribution in [2.75, 3.05) is 5.32 Å². The van der Waals surface area contributed by atoms with Crippen LogP contribution in [0, 0.1) is 20.8 Å². The molecule has 0 radical (unpaired) electrons. The molecule has 4 aromatic rings. The molecule has 2 heterocycles. The van der Waals surface area contributed by atoms with E-state index in [-0.39, 0.29) is 28.4 Å². The van der Waals surface area contributed by atoms with Crippen LogP contribution in [-0.4, -0.2) is 23.9 Å². The number of nitrogens with one attached hydrogen (secondary N) is 1. The SMILES string of the molecule is Cc1ccc(NC(=O)Cn2cc(S(=O)(=O)c3ccccc3)c(=O)c3ccc(C)nc32)c(C)c1. The summed E-state index contributed by atoms with van der Waals surface area (Å²) in [4.78, 5) is 30.0. The van der Waals surface area contributed by atoms with Gasteiger partial charge in [-0.1, -0.05) is 35.9 Å². The van der Waals surface area contributed by atoms with Crippen molar-refractivity contribution < 1.29 is 13.2 Å². The van der Waals surface area contributed by atoms with E-state index < -0.39 is 20.2 Å². The van der Waals surface area contributed by atoms with Gasteiger partial charge in [-0.2, -0.15) is 0 Å². The number of amides is 1. The first-order valence-corrected chi connectivity index (χ1v) is 11.8. The number of aryl methyl sites for hydroxylation is 3. The number of nitrogens with zero attached hydrogens (tertiary/aromatic N) is 2. The van der Waals surface area contributed by atoms with Gasteiger partial charge < -0.3 is 9.88 Å². The zero-order valence-corrected chi connectivity index (χ0v) is 19.3. The highest BCUT2D eigenvalue weighted by atomic mass is 32.2. The summed E-state index contributed by atoms with van der Waals surface area (Å²) in [6.45, 7) is 5.41. The molecule has 2 aromatic carbocycles. The second-order valence-electron chi connectivity index (χ2n) is 7.96. The van der Waals surface area contributed by atoms with E-state index in [1.807, 2.05) is 32.0 Å². The summed E-state index contributed by atoms with van der Waals surface area (Å²) >= 11 is 0. The molecule has 0 fully saturated rings. The number of fused-ring (bicyclic) bond motifs is 1. The number of sulfone groups is 1. The van der Waals surface area contributed by atoms with Crippen molar-refractivity contribution in [3.8, 4) is 0 Å². The average molecular weight is 462 g/mol. The summed E-state index contributed by atoms with van der Waals surface area (Å²) in [6, 6.07) is 16.6. The van der Waals surface area contributed by atoms with Crippen molar-refractivity contribution in [2.45, 2.75) is 37.1 Å². The highest BCUT2D eigenvalue weighted by Crippen LogP contribution is 2.21. The monoisotopic (exact) mass is 461 g/mol. The average Bonchev–Trinajstić information content (AvgIpc) is 2.78. The minimum Gasteiger partial charge on any atom is -0.324 e. The molecule has 0 unspecified atom stereocenters. The highest BCUT2D eigenvalue weighted by molar-refractivity contribution is 7.91. The first-order valence-electron chi connectivity index (χ1n) is 10.3. The molecule has 7 nitrogen and oxygen atoms in total. The fourth-order valence-corrected chi connectivity index (χ4v) is 5.06. The van der Waals surface area contributed by atoms with Crippen LogP contribution < -0.4 is 10.7 Å². The van der Waals surface area contributed by atoms with Crippen molar-refractivity contribution in [1.82, 2.24) is 9.55 Å². The molecule has 1 amide bonds. The Labute approximate surface area is 191 Å². The van der Waals surface area contributed by atoms with E-state index in [1.165, 1.54) is 22.9 Å². The zero-order chi connectivity index (χ0) is 23.8.